The van der Waals surface area contributed by atoms with Crippen LogP contribution >= 0.6 is 11.3 Å². The number of hydrogen-bond acceptors (Lipinski definition) is 5. The van der Waals surface area contributed by atoms with Crippen LogP contribution in [0.1, 0.15) is 87.1 Å². The van der Waals surface area contributed by atoms with E-state index in [4.69, 9.17) is 31.5 Å². The smallest absolute Gasteiger partial charge is 0.268 e. The zero-order valence-corrected chi connectivity index (χ0v) is 13.6. The molecule has 3 heterocycles. The molecule has 1 aliphatic rings. The molecule has 0 atom stereocenters. The zero-order valence-electron chi connectivity index (χ0n) is 35.8. The van der Waals surface area contributed by atoms with Gasteiger partial charge in [0.1, 0.15) is 16.1 Å². The number of pyridine rings is 1. The Morgan fingerprint density at radius 3 is 3.04 bits per heavy atom. The van der Waals surface area contributed by atoms with Gasteiger partial charge in [0.15, 0.2) is 0 Å². The van der Waals surface area contributed by atoms with Gasteiger partial charge in [-0.15, -0.1) is 11.3 Å². The van der Waals surface area contributed by atoms with E-state index in [9.17, 15) is 14.7 Å². The van der Waals surface area contributed by atoms with E-state index >= 15 is 0 Å². The van der Waals surface area contributed by atoms with Gasteiger partial charge in [-0.1, -0.05) is 6.37 Å². The maximum atomic E-state index is 13.7. The van der Waals surface area contributed by atoms with Crippen LogP contribution in [0, 0.1) is 0 Å². The molecule has 2 aromatic rings. The molecule has 0 unspecified atom stereocenters. The molecule has 2 N–H and O–H groups in total. The van der Waals surface area contributed by atoms with Crippen molar-refractivity contribution in [1.29, 1.82) is 0 Å². The largest absolute Gasteiger partial charge is 0.506 e. The fourth-order valence-electron chi connectivity index (χ4n) is 2.00. The van der Waals surface area contributed by atoms with Gasteiger partial charge >= 0.3 is 0 Å². The molecule has 0 aromatic carbocycles. The second kappa shape index (κ2) is 8.22. The molecule has 1 saturated heterocycles. The van der Waals surface area contributed by atoms with Crippen LogP contribution in [0.3, 0.4) is 0 Å². The summed E-state index contributed by atoms with van der Waals surface area (Å²) < 4.78 is 184. The molecule has 2 aromatic heterocycles. The van der Waals surface area contributed by atoms with Crippen molar-refractivity contribution in [1.82, 2.24) is 14.8 Å². The molecule has 7 heteroatoms. The highest BCUT2D eigenvalue weighted by Gasteiger charge is 2.23. The minimum Gasteiger partial charge on any atom is -0.506 e. The number of amides is 1. The Balaban J connectivity index is 2.25. The number of likely N-dealkylation sites (tertiary alicyclic amines) is 1. The van der Waals surface area contributed by atoms with E-state index in [-0.39, 0.29) is 15.9 Å². The third-order valence-electron chi connectivity index (χ3n) is 3.09. The molecule has 1 aliphatic heterocycles. The second-order valence-electron chi connectivity index (χ2n) is 4.66. The molecule has 0 radical (unpaired) electrons. The number of fused-ring (bicyclic) bond motifs is 1. The summed E-state index contributed by atoms with van der Waals surface area (Å²) in [5.41, 5.74) is -3.80. The summed E-state index contributed by atoms with van der Waals surface area (Å²) in [7, 11) is 0. The van der Waals surface area contributed by atoms with Crippen molar-refractivity contribution in [3.05, 3.63) is 27.3 Å². The molecule has 0 aliphatic carbocycles. The Bertz CT molecular complexity index is 1690. The van der Waals surface area contributed by atoms with E-state index < -0.39 is 121 Å². The van der Waals surface area contributed by atoms with Crippen molar-refractivity contribution >= 4 is 27.5 Å². The number of thiophene rings is 1. The van der Waals surface area contributed by atoms with Crippen LogP contribution in [0.5, 0.6) is 5.75 Å². The average molecular weight is 401 g/mol. The number of carbonyl (C=O) groups excluding carboxylic acids is 1. The van der Waals surface area contributed by atoms with Gasteiger partial charge in [0.25, 0.3) is 11.5 Å². The van der Waals surface area contributed by atoms with Crippen molar-refractivity contribution in [3.63, 3.8) is 0 Å². The first kappa shape index (κ1) is 5.35. The predicted octanol–water partition coefficient (Wildman–Crippen LogP) is 2.96. The quantitative estimate of drug-likeness (QED) is 0.782. The number of aromatic hydroxyl groups is 1. The van der Waals surface area contributed by atoms with E-state index in [1.54, 1.807) is 0 Å². The lowest BCUT2D eigenvalue weighted by molar-refractivity contribution is 0.0946. The first-order chi connectivity index (χ1) is 21.3. The van der Waals surface area contributed by atoms with Crippen molar-refractivity contribution in [2.75, 3.05) is 26.0 Å². The molecule has 1 amide bonds. The second-order valence-corrected chi connectivity index (χ2v) is 5.46. The fourth-order valence-corrected chi connectivity index (χ4v) is 2.76. The van der Waals surface area contributed by atoms with Gasteiger partial charge in [-0.3, -0.25) is 14.2 Å². The lowest BCUT2D eigenvalue weighted by Crippen LogP contribution is -2.36. The molecule has 1 fully saturated rings. The van der Waals surface area contributed by atoms with Gasteiger partial charge in [0.05, 0.1) is 9.50 Å². The Hall–Kier alpha value is -1.86. The summed E-state index contributed by atoms with van der Waals surface area (Å²) in [5.74, 6) is -3.68. The van der Waals surface area contributed by atoms with E-state index in [2.05, 4.69) is 0 Å². The number of carbonyl (C=O) groups is 1. The van der Waals surface area contributed by atoms with Gasteiger partial charge in [-0.25, -0.2) is 0 Å². The van der Waals surface area contributed by atoms with Crippen LogP contribution in [0.25, 0.3) is 10.2 Å². The summed E-state index contributed by atoms with van der Waals surface area (Å²) in [4.78, 5) is 25.8. The summed E-state index contributed by atoms with van der Waals surface area (Å²) >= 11 is 0.0809. The molecule has 0 bridgehead atoms. The number of nitrogens with one attached hydrogen (secondary N) is 1. The highest BCUT2D eigenvalue weighted by Crippen LogP contribution is 2.31. The maximum absolute atomic E-state index is 13.7. The first-order valence-electron chi connectivity index (χ1n) is 18.3. The third kappa shape index (κ3) is 3.78. The van der Waals surface area contributed by atoms with Gasteiger partial charge < -0.3 is 15.3 Å². The number of nitrogens with zero attached hydrogens (tertiary/aromatic N) is 2. The Morgan fingerprint density at radius 2 is 2.31 bits per heavy atom. The van der Waals surface area contributed by atoms with Crippen molar-refractivity contribution in [3.8, 4) is 5.75 Å². The van der Waals surface area contributed by atoms with Gasteiger partial charge in [-0.05, 0) is 63.8 Å². The van der Waals surface area contributed by atoms with Crippen molar-refractivity contribution in [2.45, 2.75) is 45.2 Å². The molecule has 26 heavy (non-hydrogen) atoms. The molecule has 6 nitrogen and oxygen atoms in total. The number of piperidine rings is 1. The molecule has 3 rings (SSSR count). The minimum absolute atomic E-state index is 0.0809. The third-order valence-corrected chi connectivity index (χ3v) is 3.87. The maximum Gasteiger partial charge on any atom is 0.268 e. The van der Waals surface area contributed by atoms with Gasteiger partial charge in [0, 0.05) is 39.9 Å². The molecule has 142 valence electrons. The summed E-state index contributed by atoms with van der Waals surface area (Å²) in [6.07, 6.45) is -15.6. The van der Waals surface area contributed by atoms with Gasteiger partial charge in [0.2, 0.25) is 0 Å². The Morgan fingerprint density at radius 1 is 1.54 bits per heavy atom. The molecular weight excluding hydrogens is 350 g/mol. The summed E-state index contributed by atoms with van der Waals surface area (Å²) in [6, 6.07) is -4.96. The lowest BCUT2D eigenvalue weighted by Gasteiger charge is -2.26. The average Bonchev–Trinajstić information content (AvgIpc) is 3.17. The number of aromatic nitrogens is 1. The molecule has 0 spiro atoms. The topological polar surface area (TPSA) is 74.6 Å². The number of rotatable bonds is 6. The Labute approximate surface area is 189 Å². The van der Waals surface area contributed by atoms with Crippen molar-refractivity contribution in [2.24, 2.45) is 0 Å². The standard InChI is InChI=1S/C19H27N3O3S/c1-13(2)22-18(25)15(16(23)14-7-12-26-19(14)22)17(24)20-8-6-11-21-9-4-3-5-10-21/h7,12-13,23H,3-6,8-11H2,1-2H3,(H,20,24)/i1D3,2D3,3D2,4D2,5D2,6D2,7D,8D2,9D2,10D2,12D,13D. The van der Waals surface area contributed by atoms with E-state index in [1.165, 1.54) is 5.32 Å². The lowest BCUT2D eigenvalue weighted by atomic mass is 10.1. The first-order valence-corrected chi connectivity index (χ1v) is 7.64. The normalized spacial score (nSPS) is 40.8. The number of hydrogen-bond donors (Lipinski definition) is 2. The van der Waals surface area contributed by atoms with Crippen LogP contribution < -0.4 is 10.9 Å². The van der Waals surface area contributed by atoms with Crippen LogP contribution in [-0.2, 0) is 0 Å². The van der Waals surface area contributed by atoms with Crippen LogP contribution in [0.15, 0.2) is 16.2 Å². The van der Waals surface area contributed by atoms with E-state index in [0.717, 1.165) is 0 Å². The van der Waals surface area contributed by atoms with E-state index in [0.29, 0.717) is 0 Å². The van der Waals surface area contributed by atoms with Crippen LogP contribution in [-0.4, -0.2) is 46.5 Å². The fraction of sp³-hybridized carbons (Fsp3) is 0.579. The highest BCUT2D eigenvalue weighted by atomic mass is 32.1. The van der Waals surface area contributed by atoms with Crippen molar-refractivity contribution < 1.29 is 41.4 Å². The molecular formula is C19H27N3O3S. The Kier molecular flexibility index (Phi) is 1.69. The minimum atomic E-state index is -3.97. The van der Waals surface area contributed by atoms with E-state index in [1.807, 2.05) is 0 Å². The monoisotopic (exact) mass is 400 g/mol. The van der Waals surface area contributed by atoms with Gasteiger partial charge in [-0.2, -0.15) is 0 Å². The molecule has 0 saturated carbocycles. The zero-order chi connectivity index (χ0) is 38.9. The van der Waals surface area contributed by atoms with Crippen LogP contribution in [0.4, 0.5) is 0 Å². The highest BCUT2D eigenvalue weighted by molar-refractivity contribution is 7.16. The summed E-state index contributed by atoms with van der Waals surface area (Å²) in [6.45, 7) is -21.6. The SMILES string of the molecule is [2H]c1sc2c(c1[2H])c(O)c(C(=O)NC([2H])([2H])C([2H])([2H])CN1C([2H])([2H])C([2H])([2H])C([2H])([2H])C([2H])([2H])C1([2H])[2H])c(=O)n2C([2H])(C([2H])([2H])[2H])C([2H])([2H])[2H]. The predicted molar refractivity (Wildman–Crippen MR) is 105 cm³/mol. The summed E-state index contributed by atoms with van der Waals surface area (Å²) in [5, 5.41) is 10.4. The van der Waals surface area contributed by atoms with Crippen LogP contribution in [0.2, 0.25) is 0 Å².